The lowest BCUT2D eigenvalue weighted by Gasteiger charge is -2.14. The molecular weight excluding hydrogens is 423 g/mol. The van der Waals surface area contributed by atoms with Crippen LogP contribution in [0.25, 0.3) is 0 Å². The molecule has 0 heterocycles. The fourth-order valence-electron chi connectivity index (χ4n) is 2.80. The molecule has 0 radical (unpaired) electrons. The number of ether oxygens (including phenoxy) is 1. The van der Waals surface area contributed by atoms with E-state index in [4.69, 9.17) is 4.74 Å². The van der Waals surface area contributed by atoms with E-state index in [2.05, 4.69) is 16.0 Å². The summed E-state index contributed by atoms with van der Waals surface area (Å²) in [6, 6.07) is 15.5. The molecule has 9 heteroatoms. The Balaban J connectivity index is 1.53. The second-order valence-corrected chi connectivity index (χ2v) is 6.77. The fraction of sp³-hybridized carbons (Fsp3) is 0.130. The van der Waals surface area contributed by atoms with Gasteiger partial charge in [-0.1, -0.05) is 30.3 Å². The average Bonchev–Trinajstić information content (AvgIpc) is 2.79. The monoisotopic (exact) mass is 443 g/mol. The number of halogens is 3. The molecule has 0 fully saturated rings. The van der Waals surface area contributed by atoms with E-state index < -0.39 is 41.6 Å². The van der Waals surface area contributed by atoms with Crippen LogP contribution in [0.2, 0.25) is 0 Å². The minimum Gasteiger partial charge on any atom is -0.489 e. The Morgan fingerprint density at radius 3 is 2.34 bits per heavy atom. The SMILES string of the molecule is Cc1c(COc2ccccc2)cccc1NC(=O)NCC(=O)Nc1ccc(F)c(F)c1F. The van der Waals surface area contributed by atoms with Gasteiger partial charge in [0.1, 0.15) is 12.4 Å². The first-order valence-corrected chi connectivity index (χ1v) is 9.59. The van der Waals surface area contributed by atoms with Crippen LogP contribution in [0.3, 0.4) is 0 Å². The van der Waals surface area contributed by atoms with Crippen LogP contribution >= 0.6 is 0 Å². The van der Waals surface area contributed by atoms with E-state index >= 15 is 0 Å². The van der Waals surface area contributed by atoms with Gasteiger partial charge in [-0.3, -0.25) is 4.79 Å². The number of para-hydroxylation sites is 1. The number of amides is 3. The molecule has 0 spiro atoms. The van der Waals surface area contributed by atoms with Gasteiger partial charge in [-0.15, -0.1) is 0 Å². The van der Waals surface area contributed by atoms with Crippen molar-refractivity contribution in [2.75, 3.05) is 17.2 Å². The Morgan fingerprint density at radius 1 is 0.844 bits per heavy atom. The van der Waals surface area contributed by atoms with Crippen LogP contribution in [0.1, 0.15) is 11.1 Å². The van der Waals surface area contributed by atoms with Crippen molar-refractivity contribution >= 4 is 23.3 Å². The number of anilines is 2. The number of carbonyl (C=O) groups excluding carboxylic acids is 2. The van der Waals surface area contributed by atoms with E-state index in [1.165, 1.54) is 0 Å². The van der Waals surface area contributed by atoms with Crippen molar-refractivity contribution in [2.24, 2.45) is 0 Å². The summed E-state index contributed by atoms with van der Waals surface area (Å²) in [7, 11) is 0. The fourth-order valence-corrected chi connectivity index (χ4v) is 2.80. The van der Waals surface area contributed by atoms with E-state index in [0.29, 0.717) is 24.1 Å². The Labute approximate surface area is 182 Å². The number of rotatable bonds is 7. The summed E-state index contributed by atoms with van der Waals surface area (Å²) < 4.78 is 45.5. The molecule has 6 nitrogen and oxygen atoms in total. The van der Waals surface area contributed by atoms with E-state index in [1.54, 1.807) is 12.1 Å². The largest absolute Gasteiger partial charge is 0.489 e. The lowest BCUT2D eigenvalue weighted by atomic mass is 10.1. The maximum Gasteiger partial charge on any atom is 0.319 e. The third-order valence-corrected chi connectivity index (χ3v) is 4.55. The first-order chi connectivity index (χ1) is 15.3. The van der Waals surface area contributed by atoms with E-state index in [1.807, 2.05) is 43.3 Å². The van der Waals surface area contributed by atoms with E-state index in [9.17, 15) is 22.8 Å². The number of urea groups is 1. The predicted octanol–water partition coefficient (Wildman–Crippen LogP) is 4.75. The van der Waals surface area contributed by atoms with Crippen molar-refractivity contribution < 1.29 is 27.5 Å². The van der Waals surface area contributed by atoms with Gasteiger partial charge in [0, 0.05) is 5.69 Å². The maximum atomic E-state index is 13.6. The molecule has 32 heavy (non-hydrogen) atoms. The normalized spacial score (nSPS) is 10.4. The quantitative estimate of drug-likeness (QED) is 0.461. The number of benzene rings is 3. The van der Waals surface area contributed by atoms with Crippen LogP contribution in [0.4, 0.5) is 29.3 Å². The summed E-state index contributed by atoms with van der Waals surface area (Å²) in [5, 5.41) is 7.01. The summed E-state index contributed by atoms with van der Waals surface area (Å²) in [5.74, 6) is -4.68. The molecule has 166 valence electrons. The van der Waals surface area contributed by atoms with Crippen molar-refractivity contribution in [1.29, 1.82) is 0 Å². The average molecular weight is 443 g/mol. The predicted molar refractivity (Wildman–Crippen MR) is 114 cm³/mol. The van der Waals surface area contributed by atoms with Gasteiger partial charge in [-0.25, -0.2) is 18.0 Å². The van der Waals surface area contributed by atoms with Gasteiger partial charge in [0.2, 0.25) is 5.91 Å². The second-order valence-electron chi connectivity index (χ2n) is 6.77. The third-order valence-electron chi connectivity index (χ3n) is 4.55. The molecule has 3 rings (SSSR count). The van der Waals surface area contributed by atoms with Crippen molar-refractivity contribution in [3.63, 3.8) is 0 Å². The molecule has 0 aliphatic rings. The van der Waals surface area contributed by atoms with Gasteiger partial charge >= 0.3 is 6.03 Å². The van der Waals surface area contributed by atoms with Crippen LogP contribution in [-0.2, 0) is 11.4 Å². The molecule has 0 saturated heterocycles. The Bertz CT molecular complexity index is 1120. The molecule has 0 atom stereocenters. The van der Waals surface area contributed by atoms with Crippen molar-refractivity contribution in [1.82, 2.24) is 5.32 Å². The standard InChI is InChI=1S/C23H20F3N3O3/c1-14-15(13-32-16-7-3-2-4-8-16)6-5-9-18(14)29-23(31)27-12-20(30)28-19-11-10-17(24)21(25)22(19)26/h2-11H,12-13H2,1H3,(H,28,30)(H2,27,29,31). The van der Waals surface area contributed by atoms with Gasteiger partial charge < -0.3 is 20.7 Å². The molecule has 3 aromatic rings. The highest BCUT2D eigenvalue weighted by Gasteiger charge is 2.16. The number of nitrogens with one attached hydrogen (secondary N) is 3. The van der Waals surface area contributed by atoms with Gasteiger partial charge in [-0.2, -0.15) is 0 Å². The number of carbonyl (C=O) groups is 2. The lowest BCUT2D eigenvalue weighted by molar-refractivity contribution is -0.115. The van der Waals surface area contributed by atoms with Crippen LogP contribution < -0.4 is 20.7 Å². The first-order valence-electron chi connectivity index (χ1n) is 9.59. The molecule has 0 saturated carbocycles. The highest BCUT2D eigenvalue weighted by atomic mass is 19.2. The van der Waals surface area contributed by atoms with Crippen molar-refractivity contribution in [2.45, 2.75) is 13.5 Å². The highest BCUT2D eigenvalue weighted by molar-refractivity contribution is 5.97. The third kappa shape index (κ3) is 5.78. The van der Waals surface area contributed by atoms with Gasteiger partial charge in [0.15, 0.2) is 17.5 Å². The zero-order chi connectivity index (χ0) is 23.1. The summed E-state index contributed by atoms with van der Waals surface area (Å²) in [6.07, 6.45) is 0. The van der Waals surface area contributed by atoms with Crippen LogP contribution in [0.15, 0.2) is 60.7 Å². The summed E-state index contributed by atoms with van der Waals surface area (Å²) >= 11 is 0. The number of hydrogen-bond acceptors (Lipinski definition) is 3. The summed E-state index contributed by atoms with van der Waals surface area (Å²) in [4.78, 5) is 24.1. The van der Waals surface area contributed by atoms with Crippen molar-refractivity contribution in [3.8, 4) is 5.75 Å². The molecule has 3 aromatic carbocycles. The van der Waals surface area contributed by atoms with E-state index in [0.717, 1.165) is 17.2 Å². The van der Waals surface area contributed by atoms with Gasteiger partial charge in [0.05, 0.1) is 12.2 Å². The van der Waals surface area contributed by atoms with Crippen LogP contribution in [0, 0.1) is 24.4 Å². The Hall–Kier alpha value is -4.01. The van der Waals surface area contributed by atoms with Crippen LogP contribution in [-0.4, -0.2) is 18.5 Å². The van der Waals surface area contributed by atoms with Gasteiger partial charge in [0.25, 0.3) is 0 Å². The maximum absolute atomic E-state index is 13.6. The minimum atomic E-state index is -1.69. The van der Waals surface area contributed by atoms with Crippen LogP contribution in [0.5, 0.6) is 5.75 Å². The van der Waals surface area contributed by atoms with E-state index in [-0.39, 0.29) is 0 Å². The molecule has 0 aliphatic carbocycles. The topological polar surface area (TPSA) is 79.5 Å². The molecule has 0 aromatic heterocycles. The molecule has 0 unspecified atom stereocenters. The zero-order valence-corrected chi connectivity index (χ0v) is 17.0. The molecule has 0 bridgehead atoms. The first kappa shape index (κ1) is 22.7. The summed E-state index contributed by atoms with van der Waals surface area (Å²) in [5.41, 5.74) is 1.63. The van der Waals surface area contributed by atoms with Crippen molar-refractivity contribution in [3.05, 3.63) is 89.2 Å². The number of hydrogen-bond donors (Lipinski definition) is 3. The molecule has 0 aliphatic heterocycles. The second kappa shape index (κ2) is 10.3. The van der Waals surface area contributed by atoms with Gasteiger partial charge in [-0.05, 0) is 48.4 Å². The Morgan fingerprint density at radius 2 is 1.59 bits per heavy atom. The summed E-state index contributed by atoms with van der Waals surface area (Å²) in [6.45, 7) is 1.60. The minimum absolute atomic E-state index is 0.301. The molecule has 3 N–H and O–H groups in total. The highest BCUT2D eigenvalue weighted by Crippen LogP contribution is 2.21. The Kier molecular flexibility index (Phi) is 7.33. The zero-order valence-electron chi connectivity index (χ0n) is 17.0. The molecule has 3 amide bonds. The smallest absolute Gasteiger partial charge is 0.319 e. The molecular formula is C23H20F3N3O3. The lowest BCUT2D eigenvalue weighted by Crippen LogP contribution is -2.36.